The average molecular weight is 217 g/mol. The van der Waals surface area contributed by atoms with E-state index in [0.717, 1.165) is 31.2 Å². The highest BCUT2D eigenvalue weighted by molar-refractivity contribution is 5.80. The SMILES string of the molecule is C=CCCCCCC(=O)Cc1ccncc1. The van der Waals surface area contributed by atoms with Crippen molar-refractivity contribution in [3.63, 3.8) is 0 Å². The molecule has 0 aromatic carbocycles. The van der Waals surface area contributed by atoms with Gasteiger partial charge in [-0.2, -0.15) is 0 Å². The fourth-order valence-corrected chi connectivity index (χ4v) is 1.60. The number of rotatable bonds is 8. The summed E-state index contributed by atoms with van der Waals surface area (Å²) in [6.07, 6.45) is 10.9. The van der Waals surface area contributed by atoms with E-state index >= 15 is 0 Å². The Kier molecular flexibility index (Phi) is 6.16. The maximum atomic E-state index is 11.6. The van der Waals surface area contributed by atoms with Crippen LogP contribution in [0.1, 0.15) is 37.7 Å². The fourth-order valence-electron chi connectivity index (χ4n) is 1.60. The van der Waals surface area contributed by atoms with Crippen LogP contribution in [0.15, 0.2) is 37.2 Å². The molecule has 0 saturated carbocycles. The van der Waals surface area contributed by atoms with Gasteiger partial charge in [-0.05, 0) is 37.0 Å². The molecule has 0 atom stereocenters. The minimum atomic E-state index is 0.324. The van der Waals surface area contributed by atoms with Crippen molar-refractivity contribution in [1.82, 2.24) is 4.98 Å². The molecular formula is C14H19NO. The second kappa shape index (κ2) is 7.80. The number of carbonyl (C=O) groups excluding carboxylic acids is 1. The molecule has 1 rings (SSSR count). The van der Waals surface area contributed by atoms with E-state index in [2.05, 4.69) is 11.6 Å². The standard InChI is InChI=1S/C14H19NO/c1-2-3-4-5-6-7-14(16)12-13-8-10-15-11-9-13/h2,8-11H,1,3-7,12H2. The summed E-state index contributed by atoms with van der Waals surface area (Å²) in [7, 11) is 0. The zero-order valence-electron chi connectivity index (χ0n) is 9.69. The molecule has 0 amide bonds. The second-order valence-electron chi connectivity index (χ2n) is 3.96. The average Bonchev–Trinajstić information content (AvgIpc) is 2.30. The van der Waals surface area contributed by atoms with E-state index in [1.54, 1.807) is 12.4 Å². The normalized spacial score (nSPS) is 10.0. The molecule has 0 aliphatic heterocycles. The molecule has 0 N–H and O–H groups in total. The minimum absolute atomic E-state index is 0.324. The van der Waals surface area contributed by atoms with Gasteiger partial charge in [-0.25, -0.2) is 0 Å². The van der Waals surface area contributed by atoms with Crippen molar-refractivity contribution in [2.45, 2.75) is 38.5 Å². The molecule has 0 saturated heterocycles. The van der Waals surface area contributed by atoms with Crippen molar-refractivity contribution < 1.29 is 4.79 Å². The zero-order chi connectivity index (χ0) is 11.6. The van der Waals surface area contributed by atoms with Crippen LogP contribution in [-0.2, 0) is 11.2 Å². The monoisotopic (exact) mass is 217 g/mol. The van der Waals surface area contributed by atoms with E-state index < -0.39 is 0 Å². The highest BCUT2D eigenvalue weighted by Gasteiger charge is 2.02. The predicted octanol–water partition coefficient (Wildman–Crippen LogP) is 3.33. The first-order chi connectivity index (χ1) is 7.83. The Balaban J connectivity index is 2.14. The van der Waals surface area contributed by atoms with Gasteiger partial charge in [0.25, 0.3) is 0 Å². The van der Waals surface area contributed by atoms with Crippen molar-refractivity contribution in [1.29, 1.82) is 0 Å². The fraction of sp³-hybridized carbons (Fsp3) is 0.429. The molecular weight excluding hydrogens is 198 g/mol. The van der Waals surface area contributed by atoms with Crippen LogP contribution in [0.2, 0.25) is 0 Å². The van der Waals surface area contributed by atoms with Crippen molar-refractivity contribution in [3.8, 4) is 0 Å². The van der Waals surface area contributed by atoms with E-state index in [1.165, 1.54) is 0 Å². The minimum Gasteiger partial charge on any atom is -0.299 e. The van der Waals surface area contributed by atoms with Gasteiger partial charge in [-0.3, -0.25) is 9.78 Å². The Bertz CT molecular complexity index is 319. The number of hydrogen-bond donors (Lipinski definition) is 0. The van der Waals surface area contributed by atoms with Crippen molar-refractivity contribution in [2.75, 3.05) is 0 Å². The summed E-state index contributed by atoms with van der Waals surface area (Å²) in [5.74, 6) is 0.324. The highest BCUT2D eigenvalue weighted by atomic mass is 16.1. The van der Waals surface area contributed by atoms with E-state index in [0.29, 0.717) is 18.6 Å². The third-order valence-corrected chi connectivity index (χ3v) is 2.51. The molecule has 0 bridgehead atoms. The second-order valence-corrected chi connectivity index (χ2v) is 3.96. The van der Waals surface area contributed by atoms with Crippen LogP contribution < -0.4 is 0 Å². The third-order valence-electron chi connectivity index (χ3n) is 2.51. The van der Waals surface area contributed by atoms with E-state index in [9.17, 15) is 4.79 Å². The van der Waals surface area contributed by atoms with Gasteiger partial charge < -0.3 is 0 Å². The van der Waals surface area contributed by atoms with Gasteiger partial charge >= 0.3 is 0 Å². The Hall–Kier alpha value is -1.44. The van der Waals surface area contributed by atoms with Crippen LogP contribution in [0.4, 0.5) is 0 Å². The smallest absolute Gasteiger partial charge is 0.137 e. The maximum Gasteiger partial charge on any atom is 0.137 e. The summed E-state index contributed by atoms with van der Waals surface area (Å²) in [5, 5.41) is 0. The number of Topliss-reactive ketones (excluding diaryl/α,β-unsaturated/α-hetero) is 1. The molecule has 2 nitrogen and oxygen atoms in total. The molecule has 2 heteroatoms. The van der Waals surface area contributed by atoms with Gasteiger partial charge in [-0.15, -0.1) is 6.58 Å². The molecule has 16 heavy (non-hydrogen) atoms. The first-order valence-corrected chi connectivity index (χ1v) is 5.84. The summed E-state index contributed by atoms with van der Waals surface area (Å²) in [5.41, 5.74) is 1.06. The van der Waals surface area contributed by atoms with Crippen molar-refractivity contribution >= 4 is 5.78 Å². The van der Waals surface area contributed by atoms with Crippen LogP contribution in [-0.4, -0.2) is 10.8 Å². The van der Waals surface area contributed by atoms with Gasteiger partial charge in [0.2, 0.25) is 0 Å². The van der Waals surface area contributed by atoms with E-state index in [4.69, 9.17) is 0 Å². The van der Waals surface area contributed by atoms with Crippen LogP contribution >= 0.6 is 0 Å². The predicted molar refractivity (Wildman–Crippen MR) is 66.2 cm³/mol. The Labute approximate surface area is 97.4 Å². The molecule has 86 valence electrons. The number of unbranched alkanes of at least 4 members (excludes halogenated alkanes) is 3. The van der Waals surface area contributed by atoms with E-state index in [-0.39, 0.29) is 0 Å². The third kappa shape index (κ3) is 5.44. The highest BCUT2D eigenvalue weighted by Crippen LogP contribution is 2.06. The molecule has 0 unspecified atom stereocenters. The topological polar surface area (TPSA) is 30.0 Å². The summed E-state index contributed by atoms with van der Waals surface area (Å²) >= 11 is 0. The molecule has 0 radical (unpaired) electrons. The van der Waals surface area contributed by atoms with Crippen LogP contribution in [0.25, 0.3) is 0 Å². The van der Waals surface area contributed by atoms with Crippen LogP contribution in [0.3, 0.4) is 0 Å². The number of carbonyl (C=O) groups is 1. The lowest BCUT2D eigenvalue weighted by Crippen LogP contribution is -2.02. The quantitative estimate of drug-likeness (QED) is 0.494. The first kappa shape index (κ1) is 12.6. The largest absolute Gasteiger partial charge is 0.299 e. The number of hydrogen-bond acceptors (Lipinski definition) is 2. The molecule has 0 aliphatic carbocycles. The molecule has 1 aromatic rings. The molecule has 1 heterocycles. The summed E-state index contributed by atoms with van der Waals surface area (Å²) < 4.78 is 0. The van der Waals surface area contributed by atoms with Crippen molar-refractivity contribution in [2.24, 2.45) is 0 Å². The van der Waals surface area contributed by atoms with Gasteiger partial charge in [0.15, 0.2) is 0 Å². The maximum absolute atomic E-state index is 11.6. The van der Waals surface area contributed by atoms with Crippen molar-refractivity contribution in [3.05, 3.63) is 42.7 Å². The van der Waals surface area contributed by atoms with Gasteiger partial charge in [-0.1, -0.05) is 12.5 Å². The summed E-state index contributed by atoms with van der Waals surface area (Å²) in [6, 6.07) is 3.80. The van der Waals surface area contributed by atoms with Crippen LogP contribution in [0.5, 0.6) is 0 Å². The zero-order valence-corrected chi connectivity index (χ0v) is 9.69. The Morgan fingerprint density at radius 1 is 1.25 bits per heavy atom. The number of aromatic nitrogens is 1. The lowest BCUT2D eigenvalue weighted by molar-refractivity contribution is -0.118. The number of nitrogens with zero attached hydrogens (tertiary/aromatic N) is 1. The number of ketones is 1. The lowest BCUT2D eigenvalue weighted by Gasteiger charge is -2.00. The van der Waals surface area contributed by atoms with Gasteiger partial charge in [0.05, 0.1) is 0 Å². The molecule has 0 fully saturated rings. The van der Waals surface area contributed by atoms with E-state index in [1.807, 2.05) is 18.2 Å². The molecule has 1 aromatic heterocycles. The lowest BCUT2D eigenvalue weighted by atomic mass is 10.0. The summed E-state index contributed by atoms with van der Waals surface area (Å²) in [6.45, 7) is 3.68. The van der Waals surface area contributed by atoms with Gasteiger partial charge in [0.1, 0.15) is 5.78 Å². The summed E-state index contributed by atoms with van der Waals surface area (Å²) in [4.78, 5) is 15.5. The number of allylic oxidation sites excluding steroid dienone is 1. The van der Waals surface area contributed by atoms with Gasteiger partial charge in [0, 0.05) is 25.2 Å². The Morgan fingerprint density at radius 2 is 2.00 bits per heavy atom. The van der Waals surface area contributed by atoms with Crippen LogP contribution in [0, 0.1) is 0 Å². The molecule has 0 aliphatic rings. The Morgan fingerprint density at radius 3 is 2.69 bits per heavy atom. The molecule has 0 spiro atoms. The number of pyridine rings is 1. The first-order valence-electron chi connectivity index (χ1n) is 5.84.